The van der Waals surface area contributed by atoms with Crippen LogP contribution in [0.5, 0.6) is 0 Å². The van der Waals surface area contributed by atoms with E-state index in [0.717, 1.165) is 10.2 Å². The van der Waals surface area contributed by atoms with Crippen LogP contribution in [0, 0.1) is 5.92 Å². The Labute approximate surface area is 231 Å². The number of aromatic carboxylic acids is 1. The van der Waals surface area contributed by atoms with Gasteiger partial charge in [-0.2, -0.15) is 5.10 Å². The summed E-state index contributed by atoms with van der Waals surface area (Å²) in [6, 6.07) is 8.84. The van der Waals surface area contributed by atoms with Gasteiger partial charge in [-0.1, -0.05) is 23.7 Å². The lowest BCUT2D eigenvalue weighted by atomic mass is 9.88. The number of nitrogens with zero attached hydrogens (tertiary/aromatic N) is 4. The summed E-state index contributed by atoms with van der Waals surface area (Å²) in [5.74, 6) is -3.16. The highest BCUT2D eigenvalue weighted by Crippen LogP contribution is 2.36. The Kier molecular flexibility index (Phi) is 8.42. The number of hydrogen-bond acceptors (Lipinski definition) is 6. The predicted molar refractivity (Wildman–Crippen MR) is 142 cm³/mol. The van der Waals surface area contributed by atoms with E-state index in [0.29, 0.717) is 25.9 Å². The molecule has 3 heterocycles. The van der Waals surface area contributed by atoms with Gasteiger partial charge in [0.15, 0.2) is 5.69 Å². The minimum absolute atomic E-state index is 0.0124. The van der Waals surface area contributed by atoms with Crippen LogP contribution in [0.15, 0.2) is 53.3 Å². The van der Waals surface area contributed by atoms with Gasteiger partial charge >= 0.3 is 5.97 Å². The van der Waals surface area contributed by atoms with Crippen LogP contribution in [0.4, 0.5) is 5.82 Å². The number of pyridine rings is 1. The van der Waals surface area contributed by atoms with Gasteiger partial charge in [0.2, 0.25) is 11.8 Å². The molecule has 4 N–H and O–H groups in total. The molecule has 4 rings (SSSR count). The average molecular weight is 604 g/mol. The molecule has 0 saturated carbocycles. The van der Waals surface area contributed by atoms with Gasteiger partial charge in [-0.15, -0.1) is 0 Å². The van der Waals surface area contributed by atoms with E-state index < -0.39 is 29.5 Å². The maximum absolute atomic E-state index is 13.0. The maximum Gasteiger partial charge on any atom is 0.357 e. The molecule has 1 saturated heterocycles. The molecule has 3 amide bonds. The second-order valence-electron chi connectivity index (χ2n) is 8.79. The quantitative estimate of drug-likeness (QED) is 0.356. The number of nitrogens with one attached hydrogen (secondary N) is 1. The normalized spacial score (nSPS) is 14.6. The molecule has 0 radical (unpaired) electrons. The van der Waals surface area contributed by atoms with Gasteiger partial charge in [-0.25, -0.2) is 9.48 Å². The number of carboxylic acid groups (broad SMARTS) is 1. The lowest BCUT2D eigenvalue weighted by Crippen LogP contribution is -2.44. The molecule has 0 aliphatic carbocycles. The van der Waals surface area contributed by atoms with Gasteiger partial charge in [0, 0.05) is 25.5 Å². The zero-order valence-electron chi connectivity index (χ0n) is 20.0. The van der Waals surface area contributed by atoms with E-state index in [2.05, 4.69) is 31.3 Å². The first kappa shape index (κ1) is 27.3. The Hall–Kier alpha value is -3.77. The highest BCUT2D eigenvalue weighted by atomic mass is 79.9. The monoisotopic (exact) mass is 602 g/mol. The molecule has 1 aliphatic rings. The number of amides is 3. The molecular formula is C25H24BrClN6O5. The fraction of sp³-hybridized carbons (Fsp3) is 0.280. The molecule has 13 heteroatoms. The second kappa shape index (κ2) is 11.7. The van der Waals surface area contributed by atoms with Crippen molar-refractivity contribution in [1.82, 2.24) is 19.7 Å². The van der Waals surface area contributed by atoms with Crippen LogP contribution in [0.1, 0.15) is 45.3 Å². The van der Waals surface area contributed by atoms with Crippen molar-refractivity contribution in [2.24, 2.45) is 11.7 Å². The van der Waals surface area contributed by atoms with Crippen molar-refractivity contribution in [3.63, 3.8) is 0 Å². The van der Waals surface area contributed by atoms with E-state index in [1.807, 2.05) is 0 Å². The lowest BCUT2D eigenvalue weighted by Gasteiger charge is -2.35. The van der Waals surface area contributed by atoms with E-state index >= 15 is 0 Å². The van der Waals surface area contributed by atoms with Crippen LogP contribution in [0.2, 0.25) is 5.02 Å². The number of primary amides is 1. The van der Waals surface area contributed by atoms with Gasteiger partial charge in [-0.05, 0) is 64.5 Å². The lowest BCUT2D eigenvalue weighted by molar-refractivity contribution is -0.132. The van der Waals surface area contributed by atoms with E-state index in [4.69, 9.17) is 17.3 Å². The zero-order valence-corrected chi connectivity index (χ0v) is 22.4. The number of rotatable bonds is 8. The van der Waals surface area contributed by atoms with E-state index in [9.17, 15) is 24.3 Å². The van der Waals surface area contributed by atoms with Crippen LogP contribution in [0.3, 0.4) is 0 Å². The standard InChI is InChI=1S/C25H24BrClN6O5/c26-19-20(25(37)38)31-33(23(19)30-24(36)16-3-1-2-4-17(16)27)21(22(28)35)15-7-11-32(12-8-15)18(34)13-14-5-9-29-10-6-14/h1-6,9-10,15,21H,7-8,11-13H2,(H2,28,35)(H,30,36)(H,37,38). The molecule has 2 aromatic heterocycles. The molecule has 11 nitrogen and oxygen atoms in total. The van der Waals surface area contributed by atoms with Gasteiger partial charge in [0.1, 0.15) is 11.9 Å². The van der Waals surface area contributed by atoms with E-state index in [1.165, 1.54) is 6.07 Å². The van der Waals surface area contributed by atoms with Gasteiger partial charge in [0.25, 0.3) is 5.91 Å². The van der Waals surface area contributed by atoms with Gasteiger partial charge < -0.3 is 21.1 Å². The highest BCUT2D eigenvalue weighted by molar-refractivity contribution is 9.10. The number of halogens is 2. The molecule has 1 unspecified atom stereocenters. The first-order chi connectivity index (χ1) is 18.2. The van der Waals surface area contributed by atoms with Crippen LogP contribution in [0.25, 0.3) is 0 Å². The number of carbonyl (C=O) groups excluding carboxylic acids is 3. The third-order valence-corrected chi connectivity index (χ3v) is 7.48. The number of aromatic nitrogens is 3. The zero-order chi connectivity index (χ0) is 27.4. The predicted octanol–water partition coefficient (Wildman–Crippen LogP) is 3.15. The number of benzene rings is 1. The Morgan fingerprint density at radius 2 is 1.79 bits per heavy atom. The smallest absolute Gasteiger partial charge is 0.357 e. The van der Waals surface area contributed by atoms with Crippen molar-refractivity contribution in [3.05, 3.63) is 75.1 Å². The topological polar surface area (TPSA) is 161 Å². The molecule has 1 aliphatic heterocycles. The summed E-state index contributed by atoms with van der Waals surface area (Å²) in [4.78, 5) is 56.0. The molecule has 1 fully saturated rings. The number of hydrogen-bond donors (Lipinski definition) is 3. The summed E-state index contributed by atoms with van der Waals surface area (Å²) in [6.07, 6.45) is 4.34. The number of nitrogens with two attached hydrogens (primary N) is 1. The summed E-state index contributed by atoms with van der Waals surface area (Å²) in [6.45, 7) is 0.766. The van der Waals surface area contributed by atoms with Gasteiger partial charge in [0.05, 0.1) is 21.5 Å². The molecule has 1 aromatic carbocycles. The number of anilines is 1. The summed E-state index contributed by atoms with van der Waals surface area (Å²) in [7, 11) is 0. The van der Waals surface area contributed by atoms with Crippen molar-refractivity contribution < 1.29 is 24.3 Å². The number of piperidine rings is 1. The van der Waals surface area contributed by atoms with Crippen molar-refractivity contribution in [3.8, 4) is 0 Å². The minimum Gasteiger partial charge on any atom is -0.476 e. The highest BCUT2D eigenvalue weighted by Gasteiger charge is 2.37. The number of carboxylic acids is 1. The molecule has 198 valence electrons. The number of likely N-dealkylation sites (tertiary alicyclic amines) is 1. The fourth-order valence-electron chi connectivity index (χ4n) is 4.49. The van der Waals surface area contributed by atoms with Crippen molar-refractivity contribution >= 4 is 57.0 Å². The summed E-state index contributed by atoms with van der Waals surface area (Å²) in [5.41, 5.74) is 6.40. The second-order valence-corrected chi connectivity index (χ2v) is 9.99. The van der Waals surface area contributed by atoms with Crippen LogP contribution in [-0.4, -0.2) is 61.6 Å². The van der Waals surface area contributed by atoms with E-state index in [-0.39, 0.29) is 39.1 Å². The molecule has 0 bridgehead atoms. The molecule has 1 atom stereocenters. The van der Waals surface area contributed by atoms with E-state index in [1.54, 1.807) is 47.6 Å². The third-order valence-electron chi connectivity index (χ3n) is 6.40. The Morgan fingerprint density at radius 3 is 2.39 bits per heavy atom. The Morgan fingerprint density at radius 1 is 1.13 bits per heavy atom. The Bertz CT molecular complexity index is 1370. The SMILES string of the molecule is NC(=O)C(C1CCN(C(=O)Cc2ccncc2)CC1)n1nc(C(=O)O)c(Br)c1NC(=O)c1ccccc1Cl. The van der Waals surface area contributed by atoms with Gasteiger partial charge in [-0.3, -0.25) is 19.4 Å². The molecule has 3 aromatic rings. The molecular weight excluding hydrogens is 580 g/mol. The summed E-state index contributed by atoms with van der Waals surface area (Å²) >= 11 is 9.35. The largest absolute Gasteiger partial charge is 0.476 e. The number of carbonyl (C=O) groups is 4. The first-order valence-corrected chi connectivity index (χ1v) is 12.9. The van der Waals surface area contributed by atoms with Crippen LogP contribution in [-0.2, 0) is 16.0 Å². The first-order valence-electron chi connectivity index (χ1n) is 11.7. The van der Waals surface area contributed by atoms with Crippen molar-refractivity contribution in [1.29, 1.82) is 0 Å². The molecule has 38 heavy (non-hydrogen) atoms. The summed E-state index contributed by atoms with van der Waals surface area (Å²) in [5, 5.41) is 16.6. The van der Waals surface area contributed by atoms with Crippen LogP contribution >= 0.6 is 27.5 Å². The van der Waals surface area contributed by atoms with Crippen molar-refractivity contribution in [2.45, 2.75) is 25.3 Å². The minimum atomic E-state index is -1.36. The Balaban J connectivity index is 1.57. The third kappa shape index (κ3) is 5.86. The maximum atomic E-state index is 13.0. The average Bonchev–Trinajstić information content (AvgIpc) is 3.20. The summed E-state index contributed by atoms with van der Waals surface area (Å²) < 4.78 is 1.13. The van der Waals surface area contributed by atoms with Crippen LogP contribution < -0.4 is 11.1 Å². The van der Waals surface area contributed by atoms with Crippen molar-refractivity contribution in [2.75, 3.05) is 18.4 Å². The molecule has 0 spiro atoms. The fourth-order valence-corrected chi connectivity index (χ4v) is 5.24.